The molecule has 27 heavy (non-hydrogen) atoms. The minimum atomic E-state index is -0.966. The highest BCUT2D eigenvalue weighted by molar-refractivity contribution is 6.02. The number of hydrogen-bond acceptors (Lipinski definition) is 3. The number of aromatic nitrogens is 2. The lowest BCUT2D eigenvalue weighted by molar-refractivity contribution is 0.0699. The summed E-state index contributed by atoms with van der Waals surface area (Å²) in [7, 11) is 1.58. The maximum atomic E-state index is 11.7. The third-order valence-corrected chi connectivity index (χ3v) is 5.65. The first-order valence-corrected chi connectivity index (χ1v) is 9.54. The number of carbonyl (C=O) groups is 1. The number of hydrogen-bond donors (Lipinski definition) is 2. The Morgan fingerprint density at radius 3 is 2.56 bits per heavy atom. The van der Waals surface area contributed by atoms with Crippen molar-refractivity contribution in [2.45, 2.75) is 38.0 Å². The van der Waals surface area contributed by atoms with Crippen molar-refractivity contribution in [1.82, 2.24) is 9.97 Å². The van der Waals surface area contributed by atoms with E-state index >= 15 is 0 Å². The molecule has 4 rings (SSSR count). The maximum absolute atomic E-state index is 11.7. The number of methoxy groups -OCH3 is 1. The summed E-state index contributed by atoms with van der Waals surface area (Å²) in [4.78, 5) is 19.9. The Hall–Kier alpha value is -2.82. The summed E-state index contributed by atoms with van der Waals surface area (Å²) in [5.74, 6) is 1.08. The summed E-state index contributed by atoms with van der Waals surface area (Å²) in [6, 6.07) is 13.7. The lowest BCUT2D eigenvalue weighted by Crippen LogP contribution is -2.18. The van der Waals surface area contributed by atoms with Crippen LogP contribution in [0.1, 0.15) is 59.8 Å². The zero-order valence-electron chi connectivity index (χ0n) is 15.4. The van der Waals surface area contributed by atoms with Crippen LogP contribution in [0.4, 0.5) is 0 Å². The molecule has 1 atom stereocenters. The third kappa shape index (κ3) is 3.29. The first-order chi connectivity index (χ1) is 13.2. The molecule has 0 spiro atoms. The number of benzene rings is 2. The molecule has 3 aromatic rings. The molecule has 1 aliphatic carbocycles. The molecule has 1 aliphatic rings. The number of imidazole rings is 1. The highest BCUT2D eigenvalue weighted by atomic mass is 16.5. The predicted octanol–water partition coefficient (Wildman–Crippen LogP) is 4.98. The Kier molecular flexibility index (Phi) is 4.84. The van der Waals surface area contributed by atoms with E-state index < -0.39 is 5.97 Å². The maximum Gasteiger partial charge on any atom is 0.337 e. The van der Waals surface area contributed by atoms with Crippen LogP contribution in [0.3, 0.4) is 0 Å². The van der Waals surface area contributed by atoms with Gasteiger partial charge in [0.05, 0.1) is 18.2 Å². The topological polar surface area (TPSA) is 75.2 Å². The second-order valence-corrected chi connectivity index (χ2v) is 7.25. The molecule has 2 N–H and O–H groups in total. The van der Waals surface area contributed by atoms with Crippen LogP contribution < -0.4 is 4.74 Å². The fraction of sp³-hybridized carbons (Fsp3) is 0.364. The van der Waals surface area contributed by atoms with Gasteiger partial charge >= 0.3 is 5.97 Å². The van der Waals surface area contributed by atoms with Gasteiger partial charge in [0, 0.05) is 5.92 Å². The average Bonchev–Trinajstić information content (AvgIpc) is 3.13. The van der Waals surface area contributed by atoms with Crippen LogP contribution >= 0.6 is 0 Å². The highest BCUT2D eigenvalue weighted by Gasteiger charge is 2.30. The van der Waals surface area contributed by atoms with Crippen LogP contribution in [0.2, 0.25) is 0 Å². The number of aromatic amines is 1. The van der Waals surface area contributed by atoms with Gasteiger partial charge in [-0.05, 0) is 36.5 Å². The van der Waals surface area contributed by atoms with Crippen molar-refractivity contribution in [3.63, 3.8) is 0 Å². The van der Waals surface area contributed by atoms with E-state index in [9.17, 15) is 9.90 Å². The van der Waals surface area contributed by atoms with E-state index in [2.05, 4.69) is 29.2 Å². The van der Waals surface area contributed by atoms with Gasteiger partial charge in [-0.2, -0.15) is 0 Å². The van der Waals surface area contributed by atoms with E-state index in [1.54, 1.807) is 19.2 Å². The molecule has 0 saturated heterocycles. The standard InChI is InChI=1S/C22H24N2O3/c1-27-17-13-12-16(22(25)26)19-20(17)24-21(23-19)18(14-8-4-2-5-9-14)15-10-6-3-7-11-15/h2,4-5,8-9,12-13,15,18H,3,6-7,10-11H2,1H3,(H,23,24)(H,25,26). The lowest BCUT2D eigenvalue weighted by Gasteiger charge is -2.29. The third-order valence-electron chi connectivity index (χ3n) is 5.65. The smallest absolute Gasteiger partial charge is 0.337 e. The molecular formula is C22H24N2O3. The van der Waals surface area contributed by atoms with Crippen LogP contribution in [-0.4, -0.2) is 28.2 Å². The van der Waals surface area contributed by atoms with E-state index in [1.807, 2.05) is 6.07 Å². The molecule has 1 heterocycles. The number of carboxylic acid groups (broad SMARTS) is 1. The number of carboxylic acids is 1. The number of nitrogens with one attached hydrogen (secondary N) is 1. The molecule has 1 fully saturated rings. The molecule has 1 saturated carbocycles. The molecule has 0 aliphatic heterocycles. The minimum absolute atomic E-state index is 0.130. The van der Waals surface area contributed by atoms with E-state index in [1.165, 1.54) is 37.7 Å². The Morgan fingerprint density at radius 2 is 1.89 bits per heavy atom. The summed E-state index contributed by atoms with van der Waals surface area (Å²) >= 11 is 0. The second kappa shape index (κ2) is 7.43. The van der Waals surface area contributed by atoms with E-state index in [0.717, 1.165) is 5.82 Å². The second-order valence-electron chi connectivity index (χ2n) is 7.25. The van der Waals surface area contributed by atoms with Crippen molar-refractivity contribution in [3.05, 3.63) is 59.4 Å². The normalized spacial score (nSPS) is 16.3. The minimum Gasteiger partial charge on any atom is -0.494 e. The number of aromatic carboxylic acids is 1. The fourth-order valence-electron chi connectivity index (χ4n) is 4.36. The molecular weight excluding hydrogens is 340 g/mol. The molecule has 5 heteroatoms. The SMILES string of the molecule is COc1ccc(C(=O)O)c2[nH]c(C(c3ccccc3)C3CCCCC3)nc12. The van der Waals surface area contributed by atoms with Gasteiger partial charge in [-0.3, -0.25) is 0 Å². The Morgan fingerprint density at radius 1 is 1.15 bits per heavy atom. The predicted molar refractivity (Wildman–Crippen MR) is 104 cm³/mol. The first kappa shape index (κ1) is 17.6. The van der Waals surface area contributed by atoms with Gasteiger partial charge in [-0.1, -0.05) is 49.6 Å². The van der Waals surface area contributed by atoms with Crippen molar-refractivity contribution >= 4 is 17.0 Å². The highest BCUT2D eigenvalue weighted by Crippen LogP contribution is 2.40. The zero-order valence-corrected chi connectivity index (χ0v) is 15.4. The van der Waals surface area contributed by atoms with Gasteiger partial charge in [0.1, 0.15) is 17.1 Å². The van der Waals surface area contributed by atoms with Gasteiger partial charge in [0.15, 0.2) is 0 Å². The Labute approximate surface area is 158 Å². The van der Waals surface area contributed by atoms with E-state index in [-0.39, 0.29) is 11.5 Å². The number of H-pyrrole nitrogens is 1. The van der Waals surface area contributed by atoms with E-state index in [4.69, 9.17) is 9.72 Å². The van der Waals surface area contributed by atoms with Crippen LogP contribution in [0, 0.1) is 5.92 Å². The Bertz CT molecular complexity index is 943. The quantitative estimate of drug-likeness (QED) is 0.669. The molecule has 2 aromatic carbocycles. The average molecular weight is 364 g/mol. The van der Waals surface area contributed by atoms with Gasteiger partial charge < -0.3 is 14.8 Å². The number of ether oxygens (including phenoxy) is 1. The van der Waals surface area contributed by atoms with Crippen molar-refractivity contribution in [2.24, 2.45) is 5.92 Å². The molecule has 5 nitrogen and oxygen atoms in total. The summed E-state index contributed by atoms with van der Waals surface area (Å²) in [5, 5.41) is 9.57. The first-order valence-electron chi connectivity index (χ1n) is 9.54. The molecule has 0 bridgehead atoms. The lowest BCUT2D eigenvalue weighted by atomic mass is 9.76. The molecule has 140 valence electrons. The van der Waals surface area contributed by atoms with Crippen LogP contribution in [0.15, 0.2) is 42.5 Å². The summed E-state index contributed by atoms with van der Waals surface area (Å²) in [5.41, 5.74) is 2.57. The monoisotopic (exact) mass is 364 g/mol. The van der Waals surface area contributed by atoms with Gasteiger partial charge in [-0.25, -0.2) is 9.78 Å². The van der Waals surface area contributed by atoms with Gasteiger partial charge in [0.25, 0.3) is 0 Å². The number of fused-ring (bicyclic) bond motifs is 1. The molecule has 0 amide bonds. The summed E-state index contributed by atoms with van der Waals surface area (Å²) in [6.45, 7) is 0. The number of rotatable bonds is 5. The summed E-state index contributed by atoms with van der Waals surface area (Å²) in [6.07, 6.45) is 6.09. The Balaban J connectivity index is 1.88. The van der Waals surface area contributed by atoms with Crippen LogP contribution in [0.25, 0.3) is 11.0 Å². The van der Waals surface area contributed by atoms with Gasteiger partial charge in [-0.15, -0.1) is 0 Å². The zero-order chi connectivity index (χ0) is 18.8. The molecule has 0 radical (unpaired) electrons. The van der Waals surface area contributed by atoms with Crippen molar-refractivity contribution in [3.8, 4) is 5.75 Å². The van der Waals surface area contributed by atoms with E-state index in [0.29, 0.717) is 22.7 Å². The summed E-state index contributed by atoms with van der Waals surface area (Å²) < 4.78 is 5.43. The fourth-order valence-corrected chi connectivity index (χ4v) is 4.36. The van der Waals surface area contributed by atoms with Gasteiger partial charge in [0.2, 0.25) is 0 Å². The largest absolute Gasteiger partial charge is 0.494 e. The molecule has 1 unspecified atom stereocenters. The van der Waals surface area contributed by atoms with Crippen molar-refractivity contribution in [1.29, 1.82) is 0 Å². The van der Waals surface area contributed by atoms with Crippen molar-refractivity contribution in [2.75, 3.05) is 7.11 Å². The van der Waals surface area contributed by atoms with Crippen LogP contribution in [-0.2, 0) is 0 Å². The molecule has 1 aromatic heterocycles. The number of nitrogens with zero attached hydrogens (tertiary/aromatic N) is 1. The van der Waals surface area contributed by atoms with Crippen molar-refractivity contribution < 1.29 is 14.6 Å². The van der Waals surface area contributed by atoms with Crippen LogP contribution in [0.5, 0.6) is 5.75 Å².